The van der Waals surface area contributed by atoms with Gasteiger partial charge in [0.1, 0.15) is 0 Å². The Labute approximate surface area is 176 Å². The van der Waals surface area contributed by atoms with E-state index < -0.39 is 12.1 Å². The molecule has 2 heterocycles. The van der Waals surface area contributed by atoms with Crippen LogP contribution in [0.1, 0.15) is 57.8 Å². The number of carbonyl (C=O) groups excluding carboxylic acids is 1. The van der Waals surface area contributed by atoms with Gasteiger partial charge in [0.2, 0.25) is 5.91 Å². The van der Waals surface area contributed by atoms with E-state index >= 15 is 0 Å². The average molecular weight is 434 g/mol. The number of nitrogens with zero attached hydrogens (tertiary/aromatic N) is 2. The highest BCUT2D eigenvalue weighted by atomic mass is 19.4. The Balaban J connectivity index is 0.000000396. The van der Waals surface area contributed by atoms with Crippen LogP contribution in [0, 0.1) is 0 Å². The molecule has 0 saturated carbocycles. The summed E-state index contributed by atoms with van der Waals surface area (Å²) in [6.45, 7) is 2.67. The first kappa shape index (κ1) is 24.7. The molecule has 0 bridgehead atoms. The van der Waals surface area contributed by atoms with Crippen molar-refractivity contribution in [1.29, 1.82) is 0 Å². The SMILES string of the molecule is CN(C)C[C@H]1CCC[C@]2(CCN(C(=O)CC3=CCCCC3)C2)O1.O=C(O)C(F)(F)F. The number of carbonyl (C=O) groups is 2. The van der Waals surface area contributed by atoms with Gasteiger partial charge in [0.15, 0.2) is 0 Å². The highest BCUT2D eigenvalue weighted by Crippen LogP contribution is 2.37. The van der Waals surface area contributed by atoms with Crippen molar-refractivity contribution < 1.29 is 32.6 Å². The first-order chi connectivity index (χ1) is 14.0. The third-order valence-corrected chi connectivity index (χ3v) is 5.82. The lowest BCUT2D eigenvalue weighted by Gasteiger charge is -2.39. The molecule has 1 spiro atoms. The standard InChI is InChI=1S/C19H32N2O2.C2HF3O2/c1-20(2)14-17-9-6-10-19(23-17)11-12-21(15-19)18(22)13-16-7-4-3-5-8-16;3-2(4,5)1(6)7/h7,17H,3-6,8-15H2,1-2H3;(H,6,7)/t17-,19-;/m1./s1. The second-order valence-corrected chi connectivity index (χ2v) is 8.73. The Hall–Kier alpha value is -1.61. The van der Waals surface area contributed by atoms with Crippen molar-refractivity contribution in [3.63, 3.8) is 0 Å². The van der Waals surface area contributed by atoms with Gasteiger partial charge in [-0.1, -0.05) is 11.6 Å². The largest absolute Gasteiger partial charge is 0.490 e. The third-order valence-electron chi connectivity index (χ3n) is 5.82. The Morgan fingerprint density at radius 3 is 2.53 bits per heavy atom. The summed E-state index contributed by atoms with van der Waals surface area (Å²) in [6, 6.07) is 0. The lowest BCUT2D eigenvalue weighted by molar-refractivity contribution is -0.192. The molecule has 0 aromatic heterocycles. The number of halogens is 3. The van der Waals surface area contributed by atoms with E-state index in [2.05, 4.69) is 30.0 Å². The van der Waals surface area contributed by atoms with Crippen molar-refractivity contribution in [2.45, 2.75) is 75.7 Å². The van der Waals surface area contributed by atoms with Gasteiger partial charge < -0.3 is 19.6 Å². The molecule has 9 heteroatoms. The van der Waals surface area contributed by atoms with Gasteiger partial charge in [-0.05, 0) is 65.5 Å². The first-order valence-corrected chi connectivity index (χ1v) is 10.6. The van der Waals surface area contributed by atoms with Gasteiger partial charge in [-0.25, -0.2) is 4.79 Å². The predicted molar refractivity (Wildman–Crippen MR) is 106 cm³/mol. The molecule has 1 aliphatic carbocycles. The molecule has 0 unspecified atom stereocenters. The molecule has 2 aliphatic heterocycles. The highest BCUT2D eigenvalue weighted by molar-refractivity contribution is 5.79. The van der Waals surface area contributed by atoms with Gasteiger partial charge in [-0.3, -0.25) is 4.79 Å². The van der Waals surface area contributed by atoms with Crippen molar-refractivity contribution in [3.05, 3.63) is 11.6 Å². The zero-order valence-corrected chi connectivity index (χ0v) is 17.8. The number of amides is 1. The molecule has 2 fully saturated rings. The first-order valence-electron chi connectivity index (χ1n) is 10.6. The number of aliphatic carboxylic acids is 1. The van der Waals surface area contributed by atoms with Crippen LogP contribution in [0.4, 0.5) is 13.2 Å². The highest BCUT2D eigenvalue weighted by Gasteiger charge is 2.44. The van der Waals surface area contributed by atoms with E-state index in [1.807, 2.05) is 0 Å². The van der Waals surface area contributed by atoms with Gasteiger partial charge in [0.05, 0.1) is 11.7 Å². The van der Waals surface area contributed by atoms with Gasteiger partial charge in [-0.15, -0.1) is 0 Å². The summed E-state index contributed by atoms with van der Waals surface area (Å²) in [5, 5.41) is 7.12. The molecule has 30 heavy (non-hydrogen) atoms. The smallest absolute Gasteiger partial charge is 0.475 e. The van der Waals surface area contributed by atoms with Gasteiger partial charge in [0, 0.05) is 26.1 Å². The van der Waals surface area contributed by atoms with Crippen molar-refractivity contribution in [2.24, 2.45) is 0 Å². The van der Waals surface area contributed by atoms with Gasteiger partial charge >= 0.3 is 12.1 Å². The number of ether oxygens (including phenoxy) is 1. The van der Waals surface area contributed by atoms with E-state index in [9.17, 15) is 18.0 Å². The molecule has 0 radical (unpaired) electrons. The summed E-state index contributed by atoms with van der Waals surface area (Å²) in [7, 11) is 4.21. The quantitative estimate of drug-likeness (QED) is 0.685. The minimum atomic E-state index is -5.08. The zero-order valence-electron chi connectivity index (χ0n) is 17.8. The number of carboxylic acids is 1. The van der Waals surface area contributed by atoms with Crippen LogP contribution in [0.15, 0.2) is 11.6 Å². The molecule has 2 atom stereocenters. The maximum Gasteiger partial charge on any atom is 0.490 e. The number of alkyl halides is 3. The zero-order chi connectivity index (χ0) is 22.4. The summed E-state index contributed by atoms with van der Waals surface area (Å²) >= 11 is 0. The molecule has 6 nitrogen and oxygen atoms in total. The Bertz CT molecular complexity index is 636. The molecule has 1 N–H and O–H groups in total. The van der Waals surface area contributed by atoms with Crippen molar-refractivity contribution in [1.82, 2.24) is 9.80 Å². The van der Waals surface area contributed by atoms with Crippen LogP contribution in [-0.2, 0) is 14.3 Å². The number of rotatable bonds is 4. The van der Waals surface area contributed by atoms with E-state index in [1.54, 1.807) is 0 Å². The summed E-state index contributed by atoms with van der Waals surface area (Å²) in [4.78, 5) is 25.8. The molecule has 1 amide bonds. The molecule has 0 aromatic rings. The van der Waals surface area contributed by atoms with Gasteiger partial charge in [0.25, 0.3) is 0 Å². The van der Waals surface area contributed by atoms with Crippen LogP contribution in [0.3, 0.4) is 0 Å². The van der Waals surface area contributed by atoms with Crippen LogP contribution in [-0.4, -0.2) is 78.4 Å². The van der Waals surface area contributed by atoms with Crippen LogP contribution < -0.4 is 0 Å². The number of allylic oxidation sites excluding steroid dienone is 1. The maximum absolute atomic E-state index is 12.6. The number of carboxylic acid groups (broad SMARTS) is 1. The normalized spacial score (nSPS) is 26.9. The topological polar surface area (TPSA) is 70.1 Å². The van der Waals surface area contributed by atoms with E-state index in [4.69, 9.17) is 14.6 Å². The van der Waals surface area contributed by atoms with Crippen LogP contribution in [0.25, 0.3) is 0 Å². The molecule has 3 rings (SSSR count). The van der Waals surface area contributed by atoms with Crippen LogP contribution in [0.2, 0.25) is 0 Å². The van der Waals surface area contributed by atoms with E-state index in [-0.39, 0.29) is 5.60 Å². The Morgan fingerprint density at radius 2 is 1.97 bits per heavy atom. The molecule has 2 saturated heterocycles. The fourth-order valence-corrected chi connectivity index (χ4v) is 4.39. The molecule has 172 valence electrons. The van der Waals surface area contributed by atoms with E-state index in [0.717, 1.165) is 51.7 Å². The third kappa shape index (κ3) is 7.58. The monoisotopic (exact) mass is 434 g/mol. The molecule has 0 aromatic carbocycles. The number of likely N-dealkylation sites (N-methyl/N-ethyl adjacent to an activating group) is 1. The van der Waals surface area contributed by atoms with Crippen molar-refractivity contribution in [3.8, 4) is 0 Å². The second-order valence-electron chi connectivity index (χ2n) is 8.73. The summed E-state index contributed by atoms with van der Waals surface area (Å²) in [6.07, 6.45) is 7.49. The van der Waals surface area contributed by atoms with Crippen molar-refractivity contribution >= 4 is 11.9 Å². The Morgan fingerprint density at radius 1 is 1.27 bits per heavy atom. The summed E-state index contributed by atoms with van der Waals surface area (Å²) in [5.41, 5.74) is 1.30. The molecule has 3 aliphatic rings. The van der Waals surface area contributed by atoms with Gasteiger partial charge in [-0.2, -0.15) is 13.2 Å². The van der Waals surface area contributed by atoms with E-state index in [1.165, 1.54) is 24.8 Å². The number of hydrogen-bond donors (Lipinski definition) is 1. The fourth-order valence-electron chi connectivity index (χ4n) is 4.39. The number of likely N-dealkylation sites (tertiary alicyclic amines) is 1. The van der Waals surface area contributed by atoms with Crippen molar-refractivity contribution in [2.75, 3.05) is 33.7 Å². The maximum atomic E-state index is 12.6. The molecular formula is C21H33F3N2O4. The summed E-state index contributed by atoms with van der Waals surface area (Å²) in [5.74, 6) is -2.44. The predicted octanol–water partition coefficient (Wildman–Crippen LogP) is 3.61. The number of hydrogen-bond acceptors (Lipinski definition) is 4. The second kappa shape index (κ2) is 10.6. The minimum Gasteiger partial charge on any atom is -0.475 e. The Kier molecular flexibility index (Phi) is 8.73. The lowest BCUT2D eigenvalue weighted by Crippen LogP contribution is -2.46. The summed E-state index contributed by atoms with van der Waals surface area (Å²) < 4.78 is 38.2. The van der Waals surface area contributed by atoms with Crippen LogP contribution >= 0.6 is 0 Å². The molecular weight excluding hydrogens is 401 g/mol. The average Bonchev–Trinajstić information content (AvgIpc) is 3.05. The fraction of sp³-hybridized carbons (Fsp3) is 0.810. The van der Waals surface area contributed by atoms with E-state index in [0.29, 0.717) is 18.4 Å². The minimum absolute atomic E-state index is 0.0600. The van der Waals surface area contributed by atoms with Crippen LogP contribution in [0.5, 0.6) is 0 Å². The lowest BCUT2D eigenvalue weighted by atomic mass is 9.90.